The Morgan fingerprint density at radius 3 is 2.13 bits per heavy atom. The molecule has 0 spiro atoms. The largest absolute Gasteiger partial charge is 0.315 e. The molecular formula is C11H25NO2S. The van der Waals surface area contributed by atoms with Gasteiger partial charge in [-0.15, -0.1) is 0 Å². The maximum Gasteiger partial charge on any atom is 0.154 e. The van der Waals surface area contributed by atoms with Gasteiger partial charge in [-0.3, -0.25) is 0 Å². The van der Waals surface area contributed by atoms with Gasteiger partial charge in [0.1, 0.15) is 0 Å². The van der Waals surface area contributed by atoms with Crippen molar-refractivity contribution in [2.24, 2.45) is 0 Å². The quantitative estimate of drug-likeness (QED) is 0.686. The second-order valence-electron chi connectivity index (χ2n) is 4.71. The average Bonchev–Trinajstić information content (AvgIpc) is 2.10. The fraction of sp³-hybridized carbons (Fsp3) is 1.00. The van der Waals surface area contributed by atoms with Crippen LogP contribution in [0.15, 0.2) is 0 Å². The molecule has 1 N–H and O–H groups in total. The predicted octanol–water partition coefficient (Wildman–Crippen LogP) is 1.98. The summed E-state index contributed by atoms with van der Waals surface area (Å²) in [5.41, 5.74) is 0. The first-order chi connectivity index (χ1) is 6.77. The van der Waals surface area contributed by atoms with Crippen molar-refractivity contribution in [3.63, 3.8) is 0 Å². The van der Waals surface area contributed by atoms with Crippen LogP contribution in [0.5, 0.6) is 0 Å². The molecule has 3 nitrogen and oxygen atoms in total. The lowest BCUT2D eigenvalue weighted by Crippen LogP contribution is -2.50. The Labute approximate surface area is 94.6 Å². The number of nitrogens with one attached hydrogen (secondary N) is 1. The maximum atomic E-state index is 11.6. The third-order valence-electron chi connectivity index (χ3n) is 3.24. The molecule has 0 aromatic heterocycles. The fourth-order valence-corrected chi connectivity index (χ4v) is 2.45. The molecule has 0 aliphatic carbocycles. The molecule has 1 unspecified atom stereocenters. The van der Waals surface area contributed by atoms with Crippen molar-refractivity contribution >= 4 is 9.84 Å². The zero-order valence-corrected chi connectivity index (χ0v) is 11.4. The van der Waals surface area contributed by atoms with Gasteiger partial charge < -0.3 is 5.32 Å². The van der Waals surface area contributed by atoms with Crippen LogP contribution < -0.4 is 5.32 Å². The third kappa shape index (κ3) is 4.11. The van der Waals surface area contributed by atoms with Crippen molar-refractivity contribution in [2.75, 3.05) is 13.3 Å². The number of hydrogen-bond acceptors (Lipinski definition) is 3. The summed E-state index contributed by atoms with van der Waals surface area (Å²) in [7, 11) is -1.18. The average molecular weight is 235 g/mol. The first kappa shape index (κ1) is 14.9. The van der Waals surface area contributed by atoms with E-state index in [1.54, 1.807) is 13.8 Å². The Morgan fingerprint density at radius 1 is 1.27 bits per heavy atom. The van der Waals surface area contributed by atoms with E-state index < -0.39 is 14.6 Å². The molecule has 0 radical (unpaired) electrons. The van der Waals surface area contributed by atoms with Crippen LogP contribution in [0.1, 0.15) is 46.5 Å². The minimum Gasteiger partial charge on any atom is -0.315 e. The Balaban J connectivity index is 4.52. The van der Waals surface area contributed by atoms with Crippen LogP contribution in [0.3, 0.4) is 0 Å². The van der Waals surface area contributed by atoms with E-state index in [1.165, 1.54) is 6.26 Å². The van der Waals surface area contributed by atoms with Crippen LogP contribution in [-0.4, -0.2) is 32.5 Å². The molecule has 0 heterocycles. The van der Waals surface area contributed by atoms with Crippen LogP contribution >= 0.6 is 0 Å². The zero-order chi connectivity index (χ0) is 12.1. The van der Waals surface area contributed by atoms with Gasteiger partial charge in [-0.05, 0) is 27.3 Å². The smallest absolute Gasteiger partial charge is 0.154 e. The van der Waals surface area contributed by atoms with Crippen LogP contribution in [0, 0.1) is 0 Å². The lowest BCUT2D eigenvalue weighted by atomic mass is 9.97. The molecule has 0 rings (SSSR count). The minimum absolute atomic E-state index is 0.0408. The summed E-state index contributed by atoms with van der Waals surface area (Å²) in [5, 5.41) is 3.13. The molecule has 92 valence electrons. The van der Waals surface area contributed by atoms with Crippen molar-refractivity contribution in [3.8, 4) is 0 Å². The van der Waals surface area contributed by atoms with Crippen LogP contribution in [0.2, 0.25) is 0 Å². The first-order valence-electron chi connectivity index (χ1n) is 5.64. The van der Waals surface area contributed by atoms with E-state index in [2.05, 4.69) is 12.2 Å². The number of hydrogen-bond donors (Lipinski definition) is 1. The summed E-state index contributed by atoms with van der Waals surface area (Å²) in [6.07, 6.45) is 5.65. The van der Waals surface area contributed by atoms with Gasteiger partial charge in [0.25, 0.3) is 0 Å². The molecule has 1 atom stereocenters. The molecule has 0 saturated carbocycles. The Kier molecular flexibility index (Phi) is 5.81. The molecule has 0 fully saturated rings. The Hall–Kier alpha value is -0.0900. The van der Waals surface area contributed by atoms with E-state index in [1.807, 2.05) is 7.05 Å². The van der Waals surface area contributed by atoms with E-state index in [-0.39, 0.29) is 6.04 Å². The lowest BCUT2D eigenvalue weighted by molar-refractivity contribution is 0.398. The van der Waals surface area contributed by atoms with E-state index in [0.717, 1.165) is 25.7 Å². The molecule has 0 aliphatic rings. The monoisotopic (exact) mass is 235 g/mol. The molecule has 0 aromatic rings. The van der Waals surface area contributed by atoms with Gasteiger partial charge in [0.15, 0.2) is 9.84 Å². The topological polar surface area (TPSA) is 46.2 Å². The second-order valence-corrected chi connectivity index (χ2v) is 7.31. The van der Waals surface area contributed by atoms with Gasteiger partial charge in [0, 0.05) is 12.3 Å². The number of unbranched alkanes of at least 4 members (excludes halogenated alkanes) is 2. The molecule has 0 saturated heterocycles. The highest BCUT2D eigenvalue weighted by atomic mass is 32.2. The molecule has 0 amide bonds. The zero-order valence-electron chi connectivity index (χ0n) is 10.6. The summed E-state index contributed by atoms with van der Waals surface area (Å²) >= 11 is 0. The predicted molar refractivity (Wildman–Crippen MR) is 65.9 cm³/mol. The highest BCUT2D eigenvalue weighted by Gasteiger charge is 2.37. The van der Waals surface area contributed by atoms with Crippen molar-refractivity contribution in [1.29, 1.82) is 0 Å². The molecule has 15 heavy (non-hydrogen) atoms. The molecular weight excluding hydrogens is 210 g/mol. The third-order valence-corrected chi connectivity index (χ3v) is 5.44. The SMILES string of the molecule is CCCCCC(NC)C(C)(C)S(C)(=O)=O. The lowest BCUT2D eigenvalue weighted by Gasteiger charge is -2.32. The van der Waals surface area contributed by atoms with E-state index in [4.69, 9.17) is 0 Å². The number of sulfone groups is 1. The van der Waals surface area contributed by atoms with E-state index >= 15 is 0 Å². The summed E-state index contributed by atoms with van der Waals surface area (Å²) < 4.78 is 22.6. The second kappa shape index (κ2) is 5.85. The minimum atomic E-state index is -3.01. The van der Waals surface area contributed by atoms with E-state index in [9.17, 15) is 8.42 Å². The van der Waals surface area contributed by atoms with Gasteiger partial charge in [-0.2, -0.15) is 0 Å². The molecule has 0 bridgehead atoms. The van der Waals surface area contributed by atoms with Crippen LogP contribution in [0.25, 0.3) is 0 Å². The first-order valence-corrected chi connectivity index (χ1v) is 7.53. The fourth-order valence-electron chi connectivity index (χ4n) is 1.70. The Morgan fingerprint density at radius 2 is 1.80 bits per heavy atom. The van der Waals surface area contributed by atoms with Crippen molar-refractivity contribution in [2.45, 2.75) is 57.2 Å². The van der Waals surface area contributed by atoms with Gasteiger partial charge in [0.05, 0.1) is 4.75 Å². The van der Waals surface area contributed by atoms with Crippen molar-refractivity contribution in [3.05, 3.63) is 0 Å². The van der Waals surface area contributed by atoms with E-state index in [0.29, 0.717) is 0 Å². The van der Waals surface area contributed by atoms with Crippen molar-refractivity contribution in [1.82, 2.24) is 5.32 Å². The summed E-state index contributed by atoms with van der Waals surface area (Å²) in [5.74, 6) is 0. The van der Waals surface area contributed by atoms with Crippen molar-refractivity contribution < 1.29 is 8.42 Å². The number of rotatable bonds is 7. The van der Waals surface area contributed by atoms with Gasteiger partial charge in [-0.25, -0.2) is 8.42 Å². The van der Waals surface area contributed by atoms with Crippen LogP contribution in [-0.2, 0) is 9.84 Å². The maximum absolute atomic E-state index is 11.6. The molecule has 4 heteroatoms. The van der Waals surface area contributed by atoms with Gasteiger partial charge >= 0.3 is 0 Å². The standard InChI is InChI=1S/C11H25NO2S/c1-6-7-8-9-10(12-4)11(2,3)15(5,13)14/h10,12H,6-9H2,1-5H3. The highest BCUT2D eigenvalue weighted by Crippen LogP contribution is 2.23. The van der Waals surface area contributed by atoms with Crippen LogP contribution in [0.4, 0.5) is 0 Å². The normalized spacial score (nSPS) is 15.3. The molecule has 0 aromatic carbocycles. The summed E-state index contributed by atoms with van der Waals surface area (Å²) in [6.45, 7) is 5.75. The molecule has 0 aliphatic heterocycles. The summed E-state index contributed by atoms with van der Waals surface area (Å²) in [4.78, 5) is 0. The van der Waals surface area contributed by atoms with Gasteiger partial charge in [0.2, 0.25) is 0 Å². The van der Waals surface area contributed by atoms with Gasteiger partial charge in [-0.1, -0.05) is 26.2 Å². The highest BCUT2D eigenvalue weighted by molar-refractivity contribution is 7.92. The summed E-state index contributed by atoms with van der Waals surface area (Å²) in [6, 6.07) is 0.0408. The Bertz CT molecular complexity index is 270.